The molecule has 0 bridgehead atoms. The number of fused-ring (bicyclic) bond motifs is 1. The van der Waals surface area contributed by atoms with E-state index in [1.165, 1.54) is 5.56 Å². The maximum atomic E-state index is 15.0. The minimum absolute atomic E-state index is 0.537. The van der Waals surface area contributed by atoms with Crippen molar-refractivity contribution in [1.82, 2.24) is 0 Å². The van der Waals surface area contributed by atoms with Gasteiger partial charge in [0.15, 0.2) is 6.17 Å². The molecule has 0 aliphatic carbocycles. The summed E-state index contributed by atoms with van der Waals surface area (Å²) in [5.41, 5.74) is 3.44. The Hall–Kier alpha value is -2.03. The van der Waals surface area contributed by atoms with E-state index in [-0.39, 0.29) is 0 Å². The smallest absolute Gasteiger partial charge is 0.156 e. The highest BCUT2D eigenvalue weighted by Crippen LogP contribution is 2.39. The number of para-hydroxylation sites is 2. The summed E-state index contributed by atoms with van der Waals surface area (Å²) in [5, 5.41) is 3.29. The van der Waals surface area contributed by atoms with Crippen LogP contribution in [0.25, 0.3) is 0 Å². The fourth-order valence-electron chi connectivity index (χ4n) is 2.72. The van der Waals surface area contributed by atoms with Gasteiger partial charge in [0.1, 0.15) is 5.75 Å². The van der Waals surface area contributed by atoms with Crippen molar-refractivity contribution in [2.45, 2.75) is 19.5 Å². The maximum absolute atomic E-state index is 15.0. The molecule has 2 aromatic carbocycles. The van der Waals surface area contributed by atoms with E-state index >= 15 is 0 Å². The van der Waals surface area contributed by atoms with Crippen molar-refractivity contribution in [3.63, 3.8) is 0 Å². The Morgan fingerprint density at radius 2 is 1.95 bits per heavy atom. The number of alkyl halides is 1. The molecule has 1 heterocycles. The van der Waals surface area contributed by atoms with Crippen LogP contribution in [0.5, 0.6) is 5.75 Å². The molecule has 1 aliphatic heterocycles. The zero-order valence-corrected chi connectivity index (χ0v) is 11.5. The molecule has 104 valence electrons. The molecule has 0 aromatic heterocycles. The lowest BCUT2D eigenvalue weighted by Gasteiger charge is -2.17. The van der Waals surface area contributed by atoms with E-state index in [9.17, 15) is 4.39 Å². The van der Waals surface area contributed by atoms with Crippen molar-refractivity contribution < 1.29 is 9.13 Å². The first-order valence-electron chi connectivity index (χ1n) is 7.02. The van der Waals surface area contributed by atoms with E-state index in [0.29, 0.717) is 23.5 Å². The molecule has 0 amide bonds. The van der Waals surface area contributed by atoms with Crippen LogP contribution in [-0.2, 0) is 6.42 Å². The number of hydrogen-bond donors (Lipinski definition) is 1. The first kappa shape index (κ1) is 13.0. The topological polar surface area (TPSA) is 21.3 Å². The highest BCUT2D eigenvalue weighted by atomic mass is 19.1. The van der Waals surface area contributed by atoms with Crippen molar-refractivity contribution in [2.24, 2.45) is 0 Å². The Kier molecular flexibility index (Phi) is 3.59. The number of benzene rings is 2. The fourth-order valence-corrected chi connectivity index (χ4v) is 2.72. The van der Waals surface area contributed by atoms with Crippen LogP contribution < -0.4 is 10.1 Å². The zero-order chi connectivity index (χ0) is 13.9. The second-order valence-corrected chi connectivity index (χ2v) is 4.89. The van der Waals surface area contributed by atoms with E-state index < -0.39 is 6.17 Å². The van der Waals surface area contributed by atoms with E-state index in [4.69, 9.17) is 4.74 Å². The molecule has 2 aromatic rings. The van der Waals surface area contributed by atoms with Gasteiger partial charge in [0, 0.05) is 23.4 Å². The lowest BCUT2D eigenvalue weighted by molar-refractivity contribution is 0.320. The predicted octanol–water partition coefficient (Wildman–Crippen LogP) is 4.11. The van der Waals surface area contributed by atoms with Crippen molar-refractivity contribution in [1.29, 1.82) is 0 Å². The number of halogens is 1. The summed E-state index contributed by atoms with van der Waals surface area (Å²) in [7, 11) is 0. The van der Waals surface area contributed by atoms with Crippen LogP contribution in [0, 0.1) is 0 Å². The molecule has 1 aliphatic rings. The van der Waals surface area contributed by atoms with Crippen molar-refractivity contribution >= 4 is 5.69 Å². The fraction of sp³-hybridized carbons (Fsp3) is 0.294. The normalized spacial score (nSPS) is 14.5. The molecule has 0 saturated heterocycles. The van der Waals surface area contributed by atoms with E-state index in [0.717, 1.165) is 18.7 Å². The molecular formula is C17H18FNO. The van der Waals surface area contributed by atoms with Gasteiger partial charge in [-0.3, -0.25) is 0 Å². The van der Waals surface area contributed by atoms with Crippen molar-refractivity contribution in [2.75, 3.05) is 18.5 Å². The van der Waals surface area contributed by atoms with Crippen LogP contribution in [0.3, 0.4) is 0 Å². The van der Waals surface area contributed by atoms with Crippen LogP contribution in [0.1, 0.15) is 29.8 Å². The highest BCUT2D eigenvalue weighted by molar-refractivity contribution is 5.63. The molecule has 3 rings (SSSR count). The van der Waals surface area contributed by atoms with Gasteiger partial charge >= 0.3 is 0 Å². The second-order valence-electron chi connectivity index (χ2n) is 4.89. The molecular weight excluding hydrogens is 253 g/mol. The SMILES string of the molecule is CCOc1ccccc1C(F)c1cccc2c1NCC2. The minimum Gasteiger partial charge on any atom is -0.493 e. The van der Waals surface area contributed by atoms with Crippen LogP contribution in [-0.4, -0.2) is 13.2 Å². The van der Waals surface area contributed by atoms with Gasteiger partial charge in [-0.2, -0.15) is 0 Å². The molecule has 0 saturated carbocycles. The Morgan fingerprint density at radius 1 is 1.15 bits per heavy atom. The third kappa shape index (κ3) is 2.24. The third-order valence-corrected chi connectivity index (χ3v) is 3.64. The van der Waals surface area contributed by atoms with Crippen LogP contribution in [0.15, 0.2) is 42.5 Å². The summed E-state index contributed by atoms with van der Waals surface area (Å²) in [5.74, 6) is 0.623. The second kappa shape index (κ2) is 5.53. The molecule has 20 heavy (non-hydrogen) atoms. The molecule has 3 heteroatoms. The van der Waals surface area contributed by atoms with Gasteiger partial charge in [-0.25, -0.2) is 4.39 Å². The molecule has 0 fully saturated rings. The average Bonchev–Trinajstić information content (AvgIpc) is 2.96. The zero-order valence-electron chi connectivity index (χ0n) is 11.5. The molecule has 0 spiro atoms. The Labute approximate surface area is 118 Å². The number of rotatable bonds is 4. The van der Waals surface area contributed by atoms with Crippen molar-refractivity contribution in [3.05, 3.63) is 59.2 Å². The molecule has 0 radical (unpaired) electrons. The van der Waals surface area contributed by atoms with Gasteiger partial charge in [-0.15, -0.1) is 0 Å². The Bertz CT molecular complexity index is 612. The van der Waals surface area contributed by atoms with E-state index in [2.05, 4.69) is 11.4 Å². The number of ether oxygens (including phenoxy) is 1. The molecule has 2 nitrogen and oxygen atoms in total. The summed E-state index contributed by atoms with van der Waals surface area (Å²) in [6.07, 6.45) is -0.207. The van der Waals surface area contributed by atoms with E-state index in [1.54, 1.807) is 6.07 Å². The average molecular weight is 271 g/mol. The summed E-state index contributed by atoms with van der Waals surface area (Å²) < 4.78 is 20.5. The van der Waals surface area contributed by atoms with Gasteiger partial charge in [-0.1, -0.05) is 36.4 Å². The van der Waals surface area contributed by atoms with Crippen LogP contribution >= 0.6 is 0 Å². The number of hydrogen-bond acceptors (Lipinski definition) is 2. The first-order valence-corrected chi connectivity index (χ1v) is 7.02. The van der Waals surface area contributed by atoms with Gasteiger partial charge in [0.25, 0.3) is 0 Å². The lowest BCUT2D eigenvalue weighted by Crippen LogP contribution is -2.03. The van der Waals surface area contributed by atoms with Crippen LogP contribution in [0.2, 0.25) is 0 Å². The largest absolute Gasteiger partial charge is 0.493 e. The quantitative estimate of drug-likeness (QED) is 0.903. The summed E-state index contributed by atoms with van der Waals surface area (Å²) in [4.78, 5) is 0. The van der Waals surface area contributed by atoms with Gasteiger partial charge in [0.05, 0.1) is 6.61 Å². The van der Waals surface area contributed by atoms with Gasteiger partial charge < -0.3 is 10.1 Å². The summed E-state index contributed by atoms with van der Waals surface area (Å²) in [6.45, 7) is 3.33. The lowest BCUT2D eigenvalue weighted by atomic mass is 9.98. The Balaban J connectivity index is 2.01. The molecule has 1 unspecified atom stereocenters. The van der Waals surface area contributed by atoms with E-state index in [1.807, 2.05) is 37.3 Å². The Morgan fingerprint density at radius 3 is 2.80 bits per heavy atom. The number of anilines is 1. The van der Waals surface area contributed by atoms with Crippen LogP contribution in [0.4, 0.5) is 10.1 Å². The van der Waals surface area contributed by atoms with Gasteiger partial charge in [-0.05, 0) is 25.0 Å². The maximum Gasteiger partial charge on any atom is 0.156 e. The minimum atomic E-state index is -1.17. The molecule has 1 atom stereocenters. The molecule has 1 N–H and O–H groups in total. The highest BCUT2D eigenvalue weighted by Gasteiger charge is 2.23. The predicted molar refractivity (Wildman–Crippen MR) is 79.2 cm³/mol. The van der Waals surface area contributed by atoms with Gasteiger partial charge in [0.2, 0.25) is 0 Å². The first-order chi connectivity index (χ1) is 9.81. The standard InChI is InChI=1S/C17H18FNO/c1-2-20-15-9-4-3-7-13(15)16(18)14-8-5-6-12-10-11-19-17(12)14/h3-9,16,19H,2,10-11H2,1H3. The number of nitrogens with one attached hydrogen (secondary N) is 1. The third-order valence-electron chi connectivity index (χ3n) is 3.64. The monoisotopic (exact) mass is 271 g/mol. The van der Waals surface area contributed by atoms with Crippen molar-refractivity contribution in [3.8, 4) is 5.75 Å². The summed E-state index contributed by atoms with van der Waals surface area (Å²) >= 11 is 0. The summed E-state index contributed by atoms with van der Waals surface area (Å²) in [6, 6.07) is 13.2.